The van der Waals surface area contributed by atoms with Gasteiger partial charge in [0.1, 0.15) is 12.1 Å². The van der Waals surface area contributed by atoms with Crippen molar-refractivity contribution in [2.45, 2.75) is 65.6 Å². The molecule has 0 heterocycles. The average molecular weight is 434 g/mol. The Labute approximate surface area is 183 Å². The molecule has 172 valence electrons. The van der Waals surface area contributed by atoms with E-state index in [9.17, 15) is 19.2 Å². The standard InChI is InChI=1S/C22H35N5O4/c1-13(2)11-17(23)20(29)25-19(14(3)4)22(31)24-18(21(30)27-26-15(5)28)12-16-9-7-6-8-10-16/h6-10,13-14,17-19H,11-12,23H2,1-5H3,(H,24,31)(H,25,29)(H,26,28)(H,27,30)/t17-,18-,19-/m1/s1. The summed E-state index contributed by atoms with van der Waals surface area (Å²) >= 11 is 0. The van der Waals surface area contributed by atoms with Crippen molar-refractivity contribution in [3.05, 3.63) is 35.9 Å². The summed E-state index contributed by atoms with van der Waals surface area (Å²) in [4.78, 5) is 49.1. The monoisotopic (exact) mass is 433 g/mol. The highest BCUT2D eigenvalue weighted by molar-refractivity contribution is 5.93. The number of nitrogens with two attached hydrogens (primary N) is 1. The lowest BCUT2D eigenvalue weighted by molar-refractivity contribution is -0.134. The Morgan fingerprint density at radius 1 is 0.871 bits per heavy atom. The van der Waals surface area contributed by atoms with Gasteiger partial charge in [-0.2, -0.15) is 0 Å². The van der Waals surface area contributed by atoms with E-state index in [2.05, 4.69) is 21.5 Å². The Balaban J connectivity index is 2.94. The normalized spacial score (nSPS) is 13.8. The van der Waals surface area contributed by atoms with E-state index in [0.717, 1.165) is 5.56 Å². The highest BCUT2D eigenvalue weighted by atomic mass is 16.2. The number of nitrogens with one attached hydrogen (secondary N) is 4. The molecule has 0 saturated heterocycles. The number of carbonyl (C=O) groups excluding carboxylic acids is 4. The molecule has 3 atom stereocenters. The summed E-state index contributed by atoms with van der Waals surface area (Å²) in [6, 6.07) is 6.62. The van der Waals surface area contributed by atoms with Crippen LogP contribution in [0.1, 0.15) is 46.6 Å². The third kappa shape index (κ3) is 9.61. The van der Waals surface area contributed by atoms with Gasteiger partial charge in [0.2, 0.25) is 17.7 Å². The maximum Gasteiger partial charge on any atom is 0.261 e. The van der Waals surface area contributed by atoms with Gasteiger partial charge in [-0.3, -0.25) is 30.0 Å². The van der Waals surface area contributed by atoms with Crippen molar-refractivity contribution >= 4 is 23.6 Å². The molecule has 6 N–H and O–H groups in total. The lowest BCUT2D eigenvalue weighted by Gasteiger charge is -2.26. The molecule has 9 heteroatoms. The Bertz CT molecular complexity index is 752. The van der Waals surface area contributed by atoms with Crippen LogP contribution >= 0.6 is 0 Å². The smallest absolute Gasteiger partial charge is 0.261 e. The van der Waals surface area contributed by atoms with Gasteiger partial charge in [0.15, 0.2) is 0 Å². The zero-order valence-corrected chi connectivity index (χ0v) is 18.9. The van der Waals surface area contributed by atoms with Crippen molar-refractivity contribution in [1.29, 1.82) is 0 Å². The summed E-state index contributed by atoms with van der Waals surface area (Å²) in [5, 5.41) is 5.40. The molecule has 1 rings (SSSR count). The van der Waals surface area contributed by atoms with Gasteiger partial charge in [0.25, 0.3) is 5.91 Å². The van der Waals surface area contributed by atoms with Crippen molar-refractivity contribution in [1.82, 2.24) is 21.5 Å². The van der Waals surface area contributed by atoms with Gasteiger partial charge in [-0.05, 0) is 23.8 Å². The minimum absolute atomic E-state index is 0.212. The molecule has 0 aliphatic carbocycles. The Kier molecular flexibility index (Phi) is 10.7. The maximum absolute atomic E-state index is 13.0. The van der Waals surface area contributed by atoms with Crippen LogP contribution in [0.5, 0.6) is 0 Å². The van der Waals surface area contributed by atoms with Crippen molar-refractivity contribution in [2.24, 2.45) is 17.6 Å². The van der Waals surface area contributed by atoms with Crippen molar-refractivity contribution in [2.75, 3.05) is 0 Å². The van der Waals surface area contributed by atoms with Crippen LogP contribution < -0.4 is 27.2 Å². The number of benzene rings is 1. The van der Waals surface area contributed by atoms with Crippen molar-refractivity contribution in [3.63, 3.8) is 0 Å². The number of carbonyl (C=O) groups is 4. The minimum Gasteiger partial charge on any atom is -0.343 e. The van der Waals surface area contributed by atoms with Gasteiger partial charge in [-0.25, -0.2) is 0 Å². The van der Waals surface area contributed by atoms with Crippen LogP contribution in [0.4, 0.5) is 0 Å². The predicted molar refractivity (Wildman–Crippen MR) is 118 cm³/mol. The van der Waals surface area contributed by atoms with Gasteiger partial charge in [0, 0.05) is 13.3 Å². The molecule has 0 aliphatic heterocycles. The van der Waals surface area contributed by atoms with Gasteiger partial charge in [0.05, 0.1) is 6.04 Å². The number of amides is 4. The highest BCUT2D eigenvalue weighted by Crippen LogP contribution is 2.08. The van der Waals surface area contributed by atoms with E-state index in [1.54, 1.807) is 13.8 Å². The molecule has 0 bridgehead atoms. The summed E-state index contributed by atoms with van der Waals surface area (Å²) in [6.07, 6.45) is 0.706. The largest absolute Gasteiger partial charge is 0.343 e. The van der Waals surface area contributed by atoms with Crippen LogP contribution in [0.2, 0.25) is 0 Å². The number of hydrogen-bond acceptors (Lipinski definition) is 5. The molecule has 31 heavy (non-hydrogen) atoms. The molecule has 0 radical (unpaired) electrons. The molecule has 9 nitrogen and oxygen atoms in total. The first-order valence-electron chi connectivity index (χ1n) is 10.5. The second-order valence-corrected chi connectivity index (χ2v) is 8.39. The van der Waals surface area contributed by atoms with E-state index in [0.29, 0.717) is 6.42 Å². The van der Waals surface area contributed by atoms with Crippen LogP contribution in [0, 0.1) is 11.8 Å². The number of hydrogen-bond donors (Lipinski definition) is 5. The third-order valence-corrected chi connectivity index (χ3v) is 4.59. The summed E-state index contributed by atoms with van der Waals surface area (Å²) < 4.78 is 0. The molecule has 0 spiro atoms. The maximum atomic E-state index is 13.0. The molecule has 0 unspecified atom stereocenters. The molecule has 0 aliphatic rings. The van der Waals surface area contributed by atoms with E-state index >= 15 is 0 Å². The molecule has 1 aromatic rings. The summed E-state index contributed by atoms with van der Waals surface area (Å²) in [5.41, 5.74) is 11.3. The molecule has 0 fully saturated rings. The Morgan fingerprint density at radius 2 is 1.48 bits per heavy atom. The van der Waals surface area contributed by atoms with Crippen LogP contribution in [-0.4, -0.2) is 41.8 Å². The third-order valence-electron chi connectivity index (χ3n) is 4.59. The second kappa shape index (κ2) is 12.7. The molecular weight excluding hydrogens is 398 g/mol. The summed E-state index contributed by atoms with van der Waals surface area (Å²) in [7, 11) is 0. The molecule has 0 saturated carbocycles. The van der Waals surface area contributed by atoms with E-state index in [-0.39, 0.29) is 18.3 Å². The topological polar surface area (TPSA) is 142 Å². The van der Waals surface area contributed by atoms with E-state index in [1.165, 1.54) is 6.92 Å². The van der Waals surface area contributed by atoms with Gasteiger partial charge in [-0.1, -0.05) is 58.0 Å². The van der Waals surface area contributed by atoms with Crippen molar-refractivity contribution in [3.8, 4) is 0 Å². The number of hydrazine groups is 1. The van der Waals surface area contributed by atoms with E-state index in [1.807, 2.05) is 44.2 Å². The fourth-order valence-electron chi connectivity index (χ4n) is 2.97. The zero-order valence-electron chi connectivity index (χ0n) is 18.9. The fraction of sp³-hybridized carbons (Fsp3) is 0.545. The minimum atomic E-state index is -0.954. The average Bonchev–Trinajstić information content (AvgIpc) is 2.69. The van der Waals surface area contributed by atoms with Gasteiger partial charge >= 0.3 is 0 Å². The molecule has 1 aromatic carbocycles. The van der Waals surface area contributed by atoms with Gasteiger partial charge < -0.3 is 16.4 Å². The summed E-state index contributed by atoms with van der Waals surface area (Å²) in [5.74, 6) is -1.92. The first kappa shape index (κ1) is 26.1. The van der Waals surface area contributed by atoms with Crippen molar-refractivity contribution < 1.29 is 19.2 Å². The second-order valence-electron chi connectivity index (χ2n) is 8.39. The zero-order chi connectivity index (χ0) is 23.6. The van der Waals surface area contributed by atoms with Crippen LogP contribution in [0.3, 0.4) is 0 Å². The van der Waals surface area contributed by atoms with Crippen LogP contribution in [-0.2, 0) is 25.6 Å². The lowest BCUT2D eigenvalue weighted by atomic mass is 9.99. The Hall–Kier alpha value is -2.94. The highest BCUT2D eigenvalue weighted by Gasteiger charge is 2.30. The first-order valence-corrected chi connectivity index (χ1v) is 10.5. The molecule has 0 aromatic heterocycles. The van der Waals surface area contributed by atoms with E-state index < -0.39 is 41.8 Å². The van der Waals surface area contributed by atoms with Crippen LogP contribution in [0.15, 0.2) is 30.3 Å². The fourth-order valence-corrected chi connectivity index (χ4v) is 2.97. The molecular formula is C22H35N5O4. The quantitative estimate of drug-likeness (QED) is 0.339. The number of rotatable bonds is 10. The SMILES string of the molecule is CC(=O)NNC(=O)[C@@H](Cc1ccccc1)NC(=O)[C@H](NC(=O)[C@H](N)CC(C)C)C(C)C. The predicted octanol–water partition coefficient (Wildman–Crippen LogP) is 0.395. The Morgan fingerprint density at radius 3 is 2.00 bits per heavy atom. The van der Waals surface area contributed by atoms with Crippen LogP contribution in [0.25, 0.3) is 0 Å². The van der Waals surface area contributed by atoms with Gasteiger partial charge in [-0.15, -0.1) is 0 Å². The lowest BCUT2D eigenvalue weighted by Crippen LogP contribution is -2.59. The van der Waals surface area contributed by atoms with E-state index in [4.69, 9.17) is 5.73 Å². The molecule has 4 amide bonds. The summed E-state index contributed by atoms with van der Waals surface area (Å²) in [6.45, 7) is 8.77. The first-order chi connectivity index (χ1) is 14.5.